The van der Waals surface area contributed by atoms with E-state index in [1.807, 2.05) is 0 Å². The van der Waals surface area contributed by atoms with E-state index in [1.165, 1.54) is 18.3 Å². The van der Waals surface area contributed by atoms with Crippen LogP contribution in [0, 0.1) is 0 Å². The van der Waals surface area contributed by atoms with Gasteiger partial charge in [-0.15, -0.1) is 0 Å². The van der Waals surface area contributed by atoms with Crippen LogP contribution in [0.5, 0.6) is 0 Å². The van der Waals surface area contributed by atoms with E-state index in [0.29, 0.717) is 0 Å². The van der Waals surface area contributed by atoms with Crippen molar-refractivity contribution in [3.05, 3.63) is 18.3 Å². The molecule has 0 unspecified atom stereocenters. The number of rotatable bonds is 1. The average molecular weight is 128 g/mol. The lowest BCUT2D eigenvalue weighted by molar-refractivity contribution is 0.679. The van der Waals surface area contributed by atoms with Crippen LogP contribution in [0.2, 0.25) is 0 Å². The molecule has 1 aromatic rings. The van der Waals surface area contributed by atoms with Crippen molar-refractivity contribution >= 4 is 12.9 Å². The molecule has 46 valence electrons. The highest BCUT2D eigenvalue weighted by molar-refractivity contribution is 6.58. The van der Waals surface area contributed by atoms with Gasteiger partial charge < -0.3 is 0 Å². The van der Waals surface area contributed by atoms with Crippen molar-refractivity contribution in [3.63, 3.8) is 0 Å². The Morgan fingerprint density at radius 1 is 1.44 bits per heavy atom. The molecule has 1 aromatic heterocycles. The summed E-state index contributed by atoms with van der Waals surface area (Å²) < 4.78 is 23.3. The Bertz CT molecular complexity index is 179. The minimum Gasteiger partial charge on any atom is -0.279 e. The van der Waals surface area contributed by atoms with Crippen molar-refractivity contribution in [3.8, 4) is 0 Å². The van der Waals surface area contributed by atoms with Crippen LogP contribution in [-0.2, 0) is 0 Å². The zero-order valence-electron chi connectivity index (χ0n) is 4.46. The Morgan fingerprint density at radius 2 is 2.22 bits per heavy atom. The minimum absolute atomic E-state index is 0.280. The molecular formula is C4H3BF2N2. The molecule has 2 nitrogen and oxygen atoms in total. The van der Waals surface area contributed by atoms with Gasteiger partial charge >= 0.3 is 7.27 Å². The lowest BCUT2D eigenvalue weighted by atomic mass is 9.93. The molecule has 0 fully saturated rings. The Balaban J connectivity index is 2.85. The van der Waals surface area contributed by atoms with E-state index >= 15 is 0 Å². The number of nitrogens with zero attached hydrogens (tertiary/aromatic N) is 2. The van der Waals surface area contributed by atoms with E-state index in [2.05, 4.69) is 10.2 Å². The van der Waals surface area contributed by atoms with Gasteiger partial charge in [0.1, 0.15) is 5.59 Å². The van der Waals surface area contributed by atoms with Gasteiger partial charge in [0.25, 0.3) is 0 Å². The second kappa shape index (κ2) is 2.52. The summed E-state index contributed by atoms with van der Waals surface area (Å²) in [7, 11) is -2.52. The fraction of sp³-hybridized carbons (Fsp3) is 0. The molecule has 0 aliphatic heterocycles. The maximum atomic E-state index is 11.7. The van der Waals surface area contributed by atoms with Gasteiger partial charge in [0, 0.05) is 6.20 Å². The van der Waals surface area contributed by atoms with Crippen molar-refractivity contribution in [2.75, 3.05) is 0 Å². The molecule has 1 heterocycles. The van der Waals surface area contributed by atoms with Crippen LogP contribution < -0.4 is 5.59 Å². The molecule has 0 aliphatic carbocycles. The highest BCUT2D eigenvalue weighted by Gasteiger charge is 2.16. The van der Waals surface area contributed by atoms with Crippen LogP contribution in [0.25, 0.3) is 0 Å². The maximum Gasteiger partial charge on any atom is 0.592 e. The highest BCUT2D eigenvalue weighted by atomic mass is 19.2. The first-order valence-corrected chi connectivity index (χ1v) is 2.36. The number of hydrogen-bond acceptors (Lipinski definition) is 2. The molecule has 0 saturated carbocycles. The van der Waals surface area contributed by atoms with Crippen molar-refractivity contribution in [2.45, 2.75) is 0 Å². The SMILES string of the molecule is FB(F)c1cccnn1. The van der Waals surface area contributed by atoms with Crippen molar-refractivity contribution in [1.29, 1.82) is 0 Å². The van der Waals surface area contributed by atoms with Crippen molar-refractivity contribution in [2.24, 2.45) is 0 Å². The molecule has 0 spiro atoms. The average Bonchev–Trinajstić information content (AvgIpc) is 1.90. The fourth-order valence-electron chi connectivity index (χ4n) is 0.430. The van der Waals surface area contributed by atoms with Gasteiger partial charge in [-0.2, -0.15) is 10.2 Å². The standard InChI is InChI=1S/C4H3BF2N2/c6-5(7)4-2-1-3-8-9-4/h1-3H. The summed E-state index contributed by atoms with van der Waals surface area (Å²) in [6.07, 6.45) is 1.35. The summed E-state index contributed by atoms with van der Waals surface area (Å²) in [6, 6.07) is 2.66. The third-order valence-corrected chi connectivity index (χ3v) is 0.817. The summed E-state index contributed by atoms with van der Waals surface area (Å²) in [6.45, 7) is 0. The third kappa shape index (κ3) is 1.45. The molecule has 5 heteroatoms. The molecule has 0 aromatic carbocycles. The number of halogens is 2. The summed E-state index contributed by atoms with van der Waals surface area (Å²) in [4.78, 5) is 0. The Morgan fingerprint density at radius 3 is 2.56 bits per heavy atom. The minimum atomic E-state index is -2.52. The molecule has 9 heavy (non-hydrogen) atoms. The van der Waals surface area contributed by atoms with Crippen LogP contribution in [-0.4, -0.2) is 17.5 Å². The van der Waals surface area contributed by atoms with Gasteiger partial charge in [0.15, 0.2) is 0 Å². The summed E-state index contributed by atoms with van der Waals surface area (Å²) >= 11 is 0. The van der Waals surface area contributed by atoms with Crippen LogP contribution in [0.15, 0.2) is 18.3 Å². The van der Waals surface area contributed by atoms with Crippen LogP contribution in [0.3, 0.4) is 0 Å². The molecule has 0 aliphatic rings. The quantitative estimate of drug-likeness (QED) is 0.501. The van der Waals surface area contributed by atoms with Crippen LogP contribution in [0.4, 0.5) is 8.63 Å². The van der Waals surface area contributed by atoms with E-state index in [4.69, 9.17) is 0 Å². The van der Waals surface area contributed by atoms with Gasteiger partial charge in [-0.3, -0.25) is 8.63 Å². The fourth-order valence-corrected chi connectivity index (χ4v) is 0.430. The van der Waals surface area contributed by atoms with Gasteiger partial charge in [0.2, 0.25) is 0 Å². The largest absolute Gasteiger partial charge is 0.592 e. The smallest absolute Gasteiger partial charge is 0.279 e. The molecule has 0 bridgehead atoms. The first-order chi connectivity index (χ1) is 4.30. The Kier molecular flexibility index (Phi) is 1.72. The summed E-state index contributed by atoms with van der Waals surface area (Å²) in [5.74, 6) is 0. The first kappa shape index (κ1) is 6.13. The molecule has 1 rings (SSSR count). The zero-order valence-corrected chi connectivity index (χ0v) is 4.46. The van der Waals surface area contributed by atoms with E-state index < -0.39 is 7.27 Å². The molecule has 0 saturated heterocycles. The number of hydrogen-bond donors (Lipinski definition) is 0. The normalized spacial score (nSPS) is 9.11. The molecule has 0 amide bonds. The topological polar surface area (TPSA) is 25.8 Å². The molecular weight excluding hydrogens is 125 g/mol. The van der Waals surface area contributed by atoms with Gasteiger partial charge in [-0.1, -0.05) is 0 Å². The predicted molar refractivity (Wildman–Crippen MR) is 29.6 cm³/mol. The van der Waals surface area contributed by atoms with Crippen LogP contribution in [0.1, 0.15) is 0 Å². The summed E-state index contributed by atoms with van der Waals surface area (Å²) in [5, 5.41) is 6.45. The molecule has 0 atom stereocenters. The van der Waals surface area contributed by atoms with Gasteiger partial charge in [-0.05, 0) is 12.1 Å². The monoisotopic (exact) mass is 128 g/mol. The van der Waals surface area contributed by atoms with Gasteiger partial charge in [0.05, 0.1) is 0 Å². The molecule has 0 N–H and O–H groups in total. The molecule has 0 radical (unpaired) electrons. The highest BCUT2D eigenvalue weighted by Crippen LogP contribution is 1.83. The van der Waals surface area contributed by atoms with E-state index in [-0.39, 0.29) is 5.59 Å². The predicted octanol–water partition coefficient (Wildman–Crippen LogP) is 0.111. The maximum absolute atomic E-state index is 11.7. The van der Waals surface area contributed by atoms with E-state index in [1.54, 1.807) is 0 Å². The van der Waals surface area contributed by atoms with Crippen molar-refractivity contribution < 1.29 is 8.63 Å². The lowest BCUT2D eigenvalue weighted by Gasteiger charge is -1.87. The zero-order chi connectivity index (χ0) is 6.69. The Labute approximate surface area is 51.1 Å². The first-order valence-electron chi connectivity index (χ1n) is 2.36. The van der Waals surface area contributed by atoms with E-state index in [9.17, 15) is 8.63 Å². The third-order valence-electron chi connectivity index (χ3n) is 0.817. The van der Waals surface area contributed by atoms with Gasteiger partial charge in [-0.25, -0.2) is 0 Å². The Hall–Kier alpha value is -0.995. The van der Waals surface area contributed by atoms with Crippen molar-refractivity contribution in [1.82, 2.24) is 10.2 Å². The lowest BCUT2D eigenvalue weighted by Crippen LogP contribution is -2.24. The van der Waals surface area contributed by atoms with Crippen LogP contribution >= 0.6 is 0 Å². The summed E-state index contributed by atoms with van der Waals surface area (Å²) in [5.41, 5.74) is -0.280. The van der Waals surface area contributed by atoms with E-state index in [0.717, 1.165) is 0 Å². The second-order valence-electron chi connectivity index (χ2n) is 1.45. The second-order valence-corrected chi connectivity index (χ2v) is 1.45. The number of aromatic nitrogens is 2.